The highest BCUT2D eigenvalue weighted by Crippen LogP contribution is 2.26. The number of ether oxygens (including phenoxy) is 2. The maximum Gasteiger partial charge on any atom is 0.310 e. The van der Waals surface area contributed by atoms with E-state index in [9.17, 15) is 24.1 Å². The quantitative estimate of drug-likeness (QED) is 0.246. The lowest BCUT2D eigenvalue weighted by atomic mass is 10.2. The van der Waals surface area contributed by atoms with Gasteiger partial charge < -0.3 is 14.8 Å². The number of halogens is 2. The number of rotatable bonds is 10. The van der Waals surface area contributed by atoms with Crippen LogP contribution in [0.15, 0.2) is 71.8 Å². The summed E-state index contributed by atoms with van der Waals surface area (Å²) in [6.07, 6.45) is 1.31. The molecule has 2 amide bonds. The van der Waals surface area contributed by atoms with Crippen molar-refractivity contribution in [2.24, 2.45) is 5.10 Å². The van der Waals surface area contributed by atoms with Gasteiger partial charge in [-0.05, 0) is 42.0 Å². The molecule has 35 heavy (non-hydrogen) atoms. The fourth-order valence-corrected chi connectivity index (χ4v) is 2.93. The van der Waals surface area contributed by atoms with Gasteiger partial charge in [-0.1, -0.05) is 35.9 Å². The number of amides is 2. The minimum atomic E-state index is -0.633. The summed E-state index contributed by atoms with van der Waals surface area (Å²) in [5, 5.41) is 17.3. The number of nitrogens with zero attached hydrogens (tertiary/aromatic N) is 2. The van der Waals surface area contributed by atoms with Crippen molar-refractivity contribution in [2.75, 3.05) is 18.5 Å². The third-order valence-corrected chi connectivity index (χ3v) is 4.58. The molecule has 0 saturated heterocycles. The molecule has 0 atom stereocenters. The molecule has 180 valence electrons. The molecule has 3 rings (SSSR count). The van der Waals surface area contributed by atoms with Crippen molar-refractivity contribution in [1.82, 2.24) is 5.43 Å². The molecule has 0 aliphatic heterocycles. The largest absolute Gasteiger partial charge is 0.482 e. The van der Waals surface area contributed by atoms with E-state index >= 15 is 0 Å². The van der Waals surface area contributed by atoms with Crippen molar-refractivity contribution >= 4 is 41.0 Å². The van der Waals surface area contributed by atoms with Crippen LogP contribution in [0.4, 0.5) is 15.8 Å². The fourth-order valence-electron chi connectivity index (χ4n) is 2.69. The number of benzene rings is 3. The maximum atomic E-state index is 13.6. The van der Waals surface area contributed by atoms with Crippen molar-refractivity contribution < 1.29 is 28.4 Å². The van der Waals surface area contributed by atoms with Gasteiger partial charge in [-0.2, -0.15) is 5.10 Å². The lowest BCUT2D eigenvalue weighted by Crippen LogP contribution is -2.24. The van der Waals surface area contributed by atoms with Crippen LogP contribution in [0.1, 0.15) is 5.56 Å². The Bertz CT molecular complexity index is 1270. The highest BCUT2D eigenvalue weighted by Gasteiger charge is 2.14. The minimum Gasteiger partial charge on any atom is -0.482 e. The summed E-state index contributed by atoms with van der Waals surface area (Å²) < 4.78 is 24.1. The van der Waals surface area contributed by atoms with Gasteiger partial charge in [0, 0.05) is 6.07 Å². The highest BCUT2D eigenvalue weighted by atomic mass is 35.5. The van der Waals surface area contributed by atoms with Crippen LogP contribution in [-0.2, 0) is 9.59 Å². The summed E-state index contributed by atoms with van der Waals surface area (Å²) in [6.45, 7) is -0.873. The molecule has 3 aromatic carbocycles. The van der Waals surface area contributed by atoms with Gasteiger partial charge in [0.1, 0.15) is 11.6 Å². The first-order valence-electron chi connectivity index (χ1n) is 9.98. The van der Waals surface area contributed by atoms with Crippen LogP contribution < -0.4 is 20.2 Å². The van der Waals surface area contributed by atoms with E-state index in [1.807, 2.05) is 0 Å². The van der Waals surface area contributed by atoms with Crippen molar-refractivity contribution in [3.05, 3.63) is 93.2 Å². The first-order valence-corrected chi connectivity index (χ1v) is 10.4. The van der Waals surface area contributed by atoms with Gasteiger partial charge in [-0.15, -0.1) is 0 Å². The lowest BCUT2D eigenvalue weighted by Gasteiger charge is -2.09. The molecule has 2 N–H and O–H groups in total. The lowest BCUT2D eigenvalue weighted by molar-refractivity contribution is -0.385. The molecule has 0 aliphatic carbocycles. The number of nitrogens with one attached hydrogen (secondary N) is 2. The summed E-state index contributed by atoms with van der Waals surface area (Å²) in [5.41, 5.74) is 2.52. The van der Waals surface area contributed by atoms with Crippen molar-refractivity contribution in [1.29, 1.82) is 0 Å². The number of hydrogen-bond donors (Lipinski definition) is 2. The Morgan fingerprint density at radius 2 is 1.69 bits per heavy atom. The van der Waals surface area contributed by atoms with Crippen LogP contribution in [0.25, 0.3) is 0 Å². The molecule has 0 aromatic heterocycles. The summed E-state index contributed by atoms with van der Waals surface area (Å²) in [7, 11) is 0. The third-order valence-electron chi connectivity index (χ3n) is 4.29. The van der Waals surface area contributed by atoms with E-state index in [0.717, 1.165) is 0 Å². The van der Waals surface area contributed by atoms with Gasteiger partial charge in [-0.25, -0.2) is 9.82 Å². The average molecular weight is 501 g/mol. The number of para-hydroxylation sites is 3. The zero-order valence-corrected chi connectivity index (χ0v) is 18.7. The molecule has 0 spiro atoms. The summed E-state index contributed by atoms with van der Waals surface area (Å²) in [4.78, 5) is 34.2. The maximum absolute atomic E-state index is 13.6. The standard InChI is InChI=1S/C23H18ClFN4O6/c24-16-11-15(9-10-20(16)34-13-22(30)27-18-6-2-1-5-17(18)25)12-26-28-23(31)14-35-21-8-4-3-7-19(21)29(32)33/h1-12H,13-14H2,(H,27,30)(H,28,31)/b26-12+. The molecular formula is C23H18ClFN4O6. The average Bonchev–Trinajstić information content (AvgIpc) is 2.84. The Morgan fingerprint density at radius 1 is 1.00 bits per heavy atom. The predicted molar refractivity (Wildman–Crippen MR) is 126 cm³/mol. The van der Waals surface area contributed by atoms with Gasteiger partial charge in [0.15, 0.2) is 19.0 Å². The zero-order valence-electron chi connectivity index (χ0n) is 17.9. The molecule has 12 heteroatoms. The number of carbonyl (C=O) groups excluding carboxylic acids is 2. The Morgan fingerprint density at radius 3 is 2.43 bits per heavy atom. The van der Waals surface area contributed by atoms with E-state index in [0.29, 0.717) is 5.56 Å². The Balaban J connectivity index is 1.47. The number of carbonyl (C=O) groups is 2. The molecule has 0 bridgehead atoms. The summed E-state index contributed by atoms with van der Waals surface area (Å²) in [5.74, 6) is -1.59. The normalized spacial score (nSPS) is 10.6. The second-order valence-corrected chi connectivity index (χ2v) is 7.22. The Hall–Kier alpha value is -4.51. The van der Waals surface area contributed by atoms with Gasteiger partial charge in [0.05, 0.1) is 21.8 Å². The van der Waals surface area contributed by atoms with Crippen molar-refractivity contribution in [3.8, 4) is 11.5 Å². The van der Waals surface area contributed by atoms with Crippen LogP contribution >= 0.6 is 11.6 Å². The molecule has 3 aromatic rings. The van der Waals surface area contributed by atoms with Gasteiger partial charge in [0.25, 0.3) is 11.8 Å². The molecule has 0 saturated carbocycles. The first kappa shape index (κ1) is 25.1. The molecule has 0 aliphatic rings. The van der Waals surface area contributed by atoms with Gasteiger partial charge in [0.2, 0.25) is 0 Å². The monoisotopic (exact) mass is 500 g/mol. The van der Waals surface area contributed by atoms with E-state index in [2.05, 4.69) is 15.8 Å². The third kappa shape index (κ3) is 7.51. The zero-order chi connectivity index (χ0) is 25.2. The Labute approximate surface area is 203 Å². The number of anilines is 1. The number of nitro groups is 1. The van der Waals surface area contributed by atoms with Gasteiger partial charge >= 0.3 is 5.69 Å². The summed E-state index contributed by atoms with van der Waals surface area (Å²) in [6, 6.07) is 16.0. The van der Waals surface area contributed by atoms with E-state index in [4.69, 9.17) is 21.1 Å². The molecule has 0 unspecified atom stereocenters. The number of hydrogen-bond acceptors (Lipinski definition) is 7. The van der Waals surface area contributed by atoms with Gasteiger partial charge in [-0.3, -0.25) is 19.7 Å². The second-order valence-electron chi connectivity index (χ2n) is 6.81. The predicted octanol–water partition coefficient (Wildman–Crippen LogP) is 3.93. The topological polar surface area (TPSA) is 132 Å². The minimum absolute atomic E-state index is 0.0354. The van der Waals surface area contributed by atoms with Crippen LogP contribution in [0, 0.1) is 15.9 Å². The SMILES string of the molecule is O=C(COc1ccccc1[N+](=O)[O-])N/N=C/c1ccc(OCC(=O)Nc2ccccc2F)c(Cl)c1. The van der Waals surface area contributed by atoms with Crippen LogP contribution in [0.2, 0.25) is 5.02 Å². The van der Waals surface area contributed by atoms with Crippen LogP contribution in [-0.4, -0.2) is 36.2 Å². The van der Waals surface area contributed by atoms with Crippen molar-refractivity contribution in [2.45, 2.75) is 0 Å². The molecule has 0 heterocycles. The highest BCUT2D eigenvalue weighted by molar-refractivity contribution is 6.32. The number of hydrazone groups is 1. The smallest absolute Gasteiger partial charge is 0.310 e. The Kier molecular flexibility index (Phi) is 8.68. The molecular weight excluding hydrogens is 483 g/mol. The van der Waals surface area contributed by atoms with Crippen LogP contribution in [0.3, 0.4) is 0 Å². The fraction of sp³-hybridized carbons (Fsp3) is 0.0870. The van der Waals surface area contributed by atoms with Crippen molar-refractivity contribution in [3.63, 3.8) is 0 Å². The summed E-state index contributed by atoms with van der Waals surface area (Å²) >= 11 is 6.16. The van der Waals surface area contributed by atoms with E-state index in [1.54, 1.807) is 18.2 Å². The molecule has 10 nitrogen and oxygen atoms in total. The second kappa shape index (κ2) is 12.1. The molecule has 0 radical (unpaired) electrons. The van der Waals surface area contributed by atoms with Crippen LogP contribution in [0.5, 0.6) is 11.5 Å². The first-order chi connectivity index (χ1) is 16.8. The number of nitro benzene ring substituents is 1. The van der Waals surface area contributed by atoms with E-state index in [1.165, 1.54) is 54.7 Å². The van der Waals surface area contributed by atoms with E-state index < -0.39 is 35.8 Å². The molecule has 0 fully saturated rings. The van der Waals surface area contributed by atoms with E-state index in [-0.39, 0.29) is 27.9 Å².